The number of ether oxygens (including phenoxy) is 1. The van der Waals surface area contributed by atoms with Gasteiger partial charge in [-0.25, -0.2) is 0 Å². The lowest BCUT2D eigenvalue weighted by Gasteiger charge is -2.45. The number of methoxy groups -OCH3 is 1. The normalized spacial score (nSPS) is 31.5. The third kappa shape index (κ3) is 2.40. The summed E-state index contributed by atoms with van der Waals surface area (Å²) < 4.78 is 5.59. The first-order chi connectivity index (χ1) is 13.3. The number of fused-ring (bicyclic) bond motifs is 3. The minimum absolute atomic E-state index is 0.0362. The highest BCUT2D eigenvalue weighted by atomic mass is 16.5. The van der Waals surface area contributed by atoms with Gasteiger partial charge in [-0.2, -0.15) is 0 Å². The summed E-state index contributed by atoms with van der Waals surface area (Å²) in [6, 6.07) is 5.83. The molecule has 1 aromatic rings. The number of amides is 2. The number of carbonyl (C=O) groups is 2. The Labute approximate surface area is 166 Å². The molecule has 1 aromatic carbocycles. The minimum atomic E-state index is -0.914. The largest absolute Gasteiger partial charge is 0.381 e. The topological polar surface area (TPSA) is 62.2 Å². The predicted octanol–water partition coefficient (Wildman–Crippen LogP) is 2.61. The van der Waals surface area contributed by atoms with E-state index in [-0.39, 0.29) is 23.3 Å². The molecule has 1 aliphatic heterocycles. The number of rotatable bonds is 2. The van der Waals surface area contributed by atoms with Crippen molar-refractivity contribution in [2.45, 2.75) is 50.7 Å². The van der Waals surface area contributed by atoms with Crippen LogP contribution in [0, 0.1) is 5.41 Å². The lowest BCUT2D eigenvalue weighted by atomic mass is 9.61. The van der Waals surface area contributed by atoms with Crippen molar-refractivity contribution in [3.63, 3.8) is 0 Å². The molecule has 2 spiro atoms. The maximum atomic E-state index is 13.6. The average molecular weight is 383 g/mol. The molecule has 3 aliphatic rings. The van der Waals surface area contributed by atoms with Crippen LogP contribution in [0.3, 0.4) is 0 Å². The zero-order valence-electron chi connectivity index (χ0n) is 17.4. The molecule has 150 valence electrons. The van der Waals surface area contributed by atoms with Crippen molar-refractivity contribution in [2.75, 3.05) is 28.3 Å². The lowest BCUT2D eigenvalue weighted by Crippen LogP contribution is -2.51. The van der Waals surface area contributed by atoms with E-state index >= 15 is 0 Å². The Balaban J connectivity index is 1.87. The van der Waals surface area contributed by atoms with E-state index in [1.165, 1.54) is 0 Å². The number of aliphatic imine (C=N–C) groups is 1. The molecule has 6 heteroatoms. The van der Waals surface area contributed by atoms with Crippen LogP contribution in [-0.2, 0) is 21.5 Å². The monoisotopic (exact) mass is 383 g/mol. The molecule has 0 N–H and O–H groups in total. The van der Waals surface area contributed by atoms with E-state index in [1.54, 1.807) is 38.1 Å². The molecular weight excluding hydrogens is 354 g/mol. The Morgan fingerprint density at radius 3 is 2.50 bits per heavy atom. The van der Waals surface area contributed by atoms with Gasteiger partial charge in [0, 0.05) is 39.2 Å². The SMILES string of the molecule is COC1CCC2(CC1)Cc1ccc(C(=O)N(C)C)cc1C21N=C(C)N(C)C1=O. The Morgan fingerprint density at radius 1 is 1.29 bits per heavy atom. The highest BCUT2D eigenvalue weighted by Crippen LogP contribution is 2.62. The van der Waals surface area contributed by atoms with Crippen LogP contribution < -0.4 is 0 Å². The fourth-order valence-electron chi connectivity index (χ4n) is 5.43. The quantitative estimate of drug-likeness (QED) is 0.789. The molecule has 0 radical (unpaired) electrons. The molecule has 0 bridgehead atoms. The lowest BCUT2D eigenvalue weighted by molar-refractivity contribution is -0.137. The Kier molecular flexibility index (Phi) is 4.38. The van der Waals surface area contributed by atoms with E-state index in [0.29, 0.717) is 5.56 Å². The Morgan fingerprint density at radius 2 is 1.96 bits per heavy atom. The van der Waals surface area contributed by atoms with Crippen molar-refractivity contribution >= 4 is 17.6 Å². The number of carbonyl (C=O) groups excluding carboxylic acids is 2. The second kappa shape index (κ2) is 6.41. The highest BCUT2D eigenvalue weighted by molar-refractivity contribution is 6.09. The maximum Gasteiger partial charge on any atom is 0.260 e. The van der Waals surface area contributed by atoms with Crippen molar-refractivity contribution in [3.05, 3.63) is 34.9 Å². The van der Waals surface area contributed by atoms with Gasteiger partial charge in [-0.3, -0.25) is 14.6 Å². The number of benzene rings is 1. The summed E-state index contributed by atoms with van der Waals surface area (Å²) in [4.78, 5) is 34.5. The van der Waals surface area contributed by atoms with Crippen molar-refractivity contribution in [2.24, 2.45) is 10.4 Å². The van der Waals surface area contributed by atoms with Gasteiger partial charge in [-0.1, -0.05) is 6.07 Å². The molecule has 1 atom stereocenters. The van der Waals surface area contributed by atoms with E-state index in [9.17, 15) is 9.59 Å². The zero-order valence-corrected chi connectivity index (χ0v) is 17.4. The van der Waals surface area contributed by atoms with Crippen molar-refractivity contribution in [3.8, 4) is 0 Å². The fraction of sp³-hybridized carbons (Fsp3) is 0.591. The predicted molar refractivity (Wildman–Crippen MR) is 107 cm³/mol. The summed E-state index contributed by atoms with van der Waals surface area (Å²) in [5.41, 5.74) is 1.52. The molecule has 28 heavy (non-hydrogen) atoms. The van der Waals surface area contributed by atoms with Gasteiger partial charge in [0.2, 0.25) is 0 Å². The summed E-state index contributed by atoms with van der Waals surface area (Å²) in [6.45, 7) is 1.90. The first-order valence-electron chi connectivity index (χ1n) is 9.98. The van der Waals surface area contributed by atoms with Gasteiger partial charge < -0.3 is 14.5 Å². The molecule has 0 aromatic heterocycles. The molecular formula is C22H29N3O3. The van der Waals surface area contributed by atoms with Crippen molar-refractivity contribution in [1.82, 2.24) is 9.80 Å². The van der Waals surface area contributed by atoms with Gasteiger partial charge in [0.05, 0.1) is 6.10 Å². The molecule has 1 fully saturated rings. The summed E-state index contributed by atoms with van der Waals surface area (Å²) in [5.74, 6) is 0.728. The Hall–Kier alpha value is -2.21. The first kappa shape index (κ1) is 19.1. The fourth-order valence-corrected chi connectivity index (χ4v) is 5.43. The molecule has 2 aliphatic carbocycles. The molecule has 0 saturated heterocycles. The second-order valence-electron chi connectivity index (χ2n) is 8.70. The molecule has 1 heterocycles. The van der Waals surface area contributed by atoms with Gasteiger partial charge in [-0.05, 0) is 62.3 Å². The smallest absolute Gasteiger partial charge is 0.260 e. The molecule has 6 nitrogen and oxygen atoms in total. The summed E-state index contributed by atoms with van der Waals surface area (Å²) in [6.07, 6.45) is 4.73. The summed E-state index contributed by atoms with van der Waals surface area (Å²) in [7, 11) is 7.06. The third-order valence-electron chi connectivity index (χ3n) is 7.10. The van der Waals surface area contributed by atoms with Crippen LogP contribution in [0.5, 0.6) is 0 Å². The van der Waals surface area contributed by atoms with Gasteiger partial charge in [0.1, 0.15) is 5.84 Å². The summed E-state index contributed by atoms with van der Waals surface area (Å²) in [5, 5.41) is 0. The van der Waals surface area contributed by atoms with E-state index in [0.717, 1.165) is 49.1 Å². The van der Waals surface area contributed by atoms with Crippen LogP contribution in [-0.4, -0.2) is 61.8 Å². The number of amidine groups is 1. The zero-order chi connectivity index (χ0) is 20.3. The number of hydrogen-bond donors (Lipinski definition) is 0. The molecule has 2 amide bonds. The van der Waals surface area contributed by atoms with Crippen LogP contribution in [0.4, 0.5) is 0 Å². The van der Waals surface area contributed by atoms with Gasteiger partial charge in [0.25, 0.3) is 11.8 Å². The van der Waals surface area contributed by atoms with E-state index in [1.807, 2.05) is 25.1 Å². The van der Waals surface area contributed by atoms with Gasteiger partial charge in [0.15, 0.2) is 5.54 Å². The molecule has 1 saturated carbocycles. The van der Waals surface area contributed by atoms with Crippen molar-refractivity contribution in [1.29, 1.82) is 0 Å². The number of hydrogen-bond acceptors (Lipinski definition) is 4. The maximum absolute atomic E-state index is 13.6. The first-order valence-corrected chi connectivity index (χ1v) is 9.98. The van der Waals surface area contributed by atoms with Crippen LogP contribution in [0.1, 0.15) is 54.1 Å². The van der Waals surface area contributed by atoms with E-state index in [2.05, 4.69) is 0 Å². The minimum Gasteiger partial charge on any atom is -0.381 e. The second-order valence-corrected chi connectivity index (χ2v) is 8.70. The number of likely N-dealkylation sites (N-methyl/N-ethyl adjacent to an activating group) is 1. The van der Waals surface area contributed by atoms with Crippen LogP contribution in [0.2, 0.25) is 0 Å². The third-order valence-corrected chi connectivity index (χ3v) is 7.10. The summed E-state index contributed by atoms with van der Waals surface area (Å²) >= 11 is 0. The van der Waals surface area contributed by atoms with Crippen LogP contribution >= 0.6 is 0 Å². The average Bonchev–Trinajstić information content (AvgIpc) is 3.08. The molecule has 4 rings (SSSR count). The highest BCUT2D eigenvalue weighted by Gasteiger charge is 2.65. The molecule has 1 unspecified atom stereocenters. The standard InChI is InChI=1S/C22H29N3O3/c1-14-23-22(20(27)25(14)4)18-12-15(19(26)24(2)3)6-7-16(18)13-21(22)10-8-17(28-5)9-11-21/h6-7,12,17H,8-11,13H2,1-5H3. The number of nitrogens with zero attached hydrogens (tertiary/aromatic N) is 3. The van der Waals surface area contributed by atoms with Crippen LogP contribution in [0.15, 0.2) is 23.2 Å². The van der Waals surface area contributed by atoms with E-state index < -0.39 is 5.54 Å². The van der Waals surface area contributed by atoms with E-state index in [4.69, 9.17) is 9.73 Å². The van der Waals surface area contributed by atoms with Gasteiger partial charge >= 0.3 is 0 Å². The van der Waals surface area contributed by atoms with Gasteiger partial charge in [-0.15, -0.1) is 0 Å². The van der Waals surface area contributed by atoms with Crippen molar-refractivity contribution < 1.29 is 14.3 Å². The Bertz CT molecular complexity index is 868. The van der Waals surface area contributed by atoms with Crippen LogP contribution in [0.25, 0.3) is 0 Å².